The standard InChI is InChI=1S/C34H40ClN3O5S2/c1-34(2,3)37-19-17-36(18-20-37)27-7-6-8-30(21-27)43-33-31(35)22-32(44-33)45(39,40)38(23-25-9-13-28(41-4)14-10-25)24-26-11-15-29(42-5)16-12-26/h6-16,21-22H,17-20,23-24H2,1-5H3. The number of nitrogens with zero attached hydrogens (tertiary/aromatic N) is 3. The average molecular weight is 670 g/mol. The molecular weight excluding hydrogens is 630 g/mol. The minimum absolute atomic E-state index is 0.110. The number of hydrogen-bond donors (Lipinski definition) is 0. The van der Waals surface area contributed by atoms with Gasteiger partial charge in [0.15, 0.2) is 0 Å². The van der Waals surface area contributed by atoms with Crippen molar-refractivity contribution >= 4 is 38.6 Å². The summed E-state index contributed by atoms with van der Waals surface area (Å²) in [6.07, 6.45) is 0. The number of benzene rings is 3. The minimum Gasteiger partial charge on any atom is -0.497 e. The van der Waals surface area contributed by atoms with Crippen molar-refractivity contribution in [1.82, 2.24) is 9.21 Å². The van der Waals surface area contributed by atoms with Gasteiger partial charge in [-0.1, -0.05) is 53.3 Å². The van der Waals surface area contributed by atoms with Gasteiger partial charge in [-0.2, -0.15) is 4.31 Å². The molecule has 1 aliphatic heterocycles. The molecule has 4 aromatic rings. The van der Waals surface area contributed by atoms with Gasteiger partial charge in [0.25, 0.3) is 10.0 Å². The molecular formula is C34H40ClN3O5S2. The van der Waals surface area contributed by atoms with Crippen molar-refractivity contribution in [1.29, 1.82) is 0 Å². The van der Waals surface area contributed by atoms with E-state index in [1.165, 1.54) is 10.4 Å². The number of rotatable bonds is 11. The normalized spacial score (nSPS) is 14.5. The van der Waals surface area contributed by atoms with E-state index in [9.17, 15) is 8.42 Å². The first-order valence-corrected chi connectivity index (χ1v) is 17.4. The third-order valence-electron chi connectivity index (χ3n) is 7.88. The maximum atomic E-state index is 14.1. The lowest BCUT2D eigenvalue weighted by atomic mass is 10.0. The summed E-state index contributed by atoms with van der Waals surface area (Å²) in [5, 5.41) is 0.579. The molecule has 0 N–H and O–H groups in total. The first-order chi connectivity index (χ1) is 21.5. The Morgan fingerprint density at radius 1 is 0.800 bits per heavy atom. The summed E-state index contributed by atoms with van der Waals surface area (Å²) in [4.78, 5) is 4.83. The highest BCUT2D eigenvalue weighted by molar-refractivity contribution is 7.91. The Morgan fingerprint density at radius 3 is 1.87 bits per heavy atom. The maximum absolute atomic E-state index is 14.1. The van der Waals surface area contributed by atoms with Gasteiger partial charge in [-0.25, -0.2) is 8.42 Å². The van der Waals surface area contributed by atoms with Crippen LogP contribution in [0.2, 0.25) is 5.02 Å². The Bertz CT molecular complexity index is 1630. The summed E-state index contributed by atoms with van der Waals surface area (Å²) in [6, 6.07) is 24.1. The number of hydrogen-bond acceptors (Lipinski definition) is 8. The highest BCUT2D eigenvalue weighted by atomic mass is 35.5. The third-order valence-corrected chi connectivity index (χ3v) is 11.5. The molecule has 240 valence electrons. The molecule has 3 aromatic carbocycles. The van der Waals surface area contributed by atoms with Crippen molar-refractivity contribution in [2.24, 2.45) is 0 Å². The van der Waals surface area contributed by atoms with Gasteiger partial charge in [0, 0.05) is 56.6 Å². The van der Waals surface area contributed by atoms with Crippen molar-refractivity contribution in [2.75, 3.05) is 45.3 Å². The zero-order chi connectivity index (χ0) is 32.2. The van der Waals surface area contributed by atoms with Crippen LogP contribution in [0.5, 0.6) is 22.3 Å². The van der Waals surface area contributed by atoms with Crippen LogP contribution < -0.4 is 19.1 Å². The summed E-state index contributed by atoms with van der Waals surface area (Å²) in [5.74, 6) is 2.00. The smallest absolute Gasteiger partial charge is 0.253 e. The number of methoxy groups -OCH3 is 2. The summed E-state index contributed by atoms with van der Waals surface area (Å²) in [7, 11) is -0.759. The van der Waals surface area contributed by atoms with Crippen LogP contribution in [0.4, 0.5) is 5.69 Å². The van der Waals surface area contributed by atoms with Gasteiger partial charge >= 0.3 is 0 Å². The molecule has 8 nitrogen and oxygen atoms in total. The molecule has 5 rings (SSSR count). The third kappa shape index (κ3) is 8.12. The summed E-state index contributed by atoms with van der Waals surface area (Å²) < 4.78 is 46.6. The lowest BCUT2D eigenvalue weighted by Crippen LogP contribution is -2.53. The van der Waals surface area contributed by atoms with Crippen LogP contribution in [0.25, 0.3) is 0 Å². The Balaban J connectivity index is 1.36. The van der Waals surface area contributed by atoms with Gasteiger partial charge in [0.2, 0.25) is 5.06 Å². The van der Waals surface area contributed by atoms with Crippen molar-refractivity contribution < 1.29 is 22.6 Å². The molecule has 1 fully saturated rings. The Labute approximate surface area is 275 Å². The van der Waals surface area contributed by atoms with Gasteiger partial charge in [0.05, 0.1) is 19.2 Å². The van der Waals surface area contributed by atoms with Gasteiger partial charge in [0.1, 0.15) is 21.5 Å². The number of thiophene rings is 1. The molecule has 0 radical (unpaired) electrons. The highest BCUT2D eigenvalue weighted by Crippen LogP contribution is 2.42. The lowest BCUT2D eigenvalue weighted by molar-refractivity contribution is 0.128. The molecule has 2 heterocycles. The number of sulfonamides is 1. The monoisotopic (exact) mass is 669 g/mol. The quantitative estimate of drug-likeness (QED) is 0.164. The largest absolute Gasteiger partial charge is 0.497 e. The zero-order valence-electron chi connectivity index (χ0n) is 26.3. The molecule has 11 heteroatoms. The fourth-order valence-corrected chi connectivity index (χ4v) is 8.41. The molecule has 0 atom stereocenters. The molecule has 1 saturated heterocycles. The van der Waals surface area contributed by atoms with E-state index in [0.29, 0.717) is 22.3 Å². The number of piperazine rings is 1. The SMILES string of the molecule is COc1ccc(CN(Cc2ccc(OC)cc2)S(=O)(=O)c2cc(Cl)c(Oc3cccc(N4CCN(C(C)(C)C)CC4)c3)s2)cc1. The number of ether oxygens (including phenoxy) is 3. The minimum atomic E-state index is -3.95. The molecule has 0 spiro atoms. The van der Waals surface area contributed by atoms with Crippen LogP contribution in [-0.4, -0.2) is 63.6 Å². The zero-order valence-corrected chi connectivity index (χ0v) is 28.7. The Kier molecular flexibility index (Phi) is 10.3. The molecule has 0 aliphatic carbocycles. The molecule has 45 heavy (non-hydrogen) atoms. The van der Waals surface area contributed by atoms with E-state index >= 15 is 0 Å². The first-order valence-electron chi connectivity index (χ1n) is 14.8. The second-order valence-electron chi connectivity index (χ2n) is 11.9. The number of anilines is 1. The predicted molar refractivity (Wildman–Crippen MR) is 182 cm³/mol. The topological polar surface area (TPSA) is 71.5 Å². The molecule has 0 amide bonds. The second kappa shape index (κ2) is 14.0. The predicted octanol–water partition coefficient (Wildman–Crippen LogP) is 7.52. The van der Waals surface area contributed by atoms with Crippen molar-refractivity contribution in [3.8, 4) is 22.3 Å². The van der Waals surface area contributed by atoms with Crippen molar-refractivity contribution in [2.45, 2.75) is 43.6 Å². The fraction of sp³-hybridized carbons (Fsp3) is 0.353. The Morgan fingerprint density at radius 2 is 1.36 bits per heavy atom. The summed E-state index contributed by atoms with van der Waals surface area (Å²) in [5.41, 5.74) is 2.86. The van der Waals surface area contributed by atoms with Crippen LogP contribution in [0.15, 0.2) is 83.1 Å². The average Bonchev–Trinajstić information content (AvgIpc) is 3.41. The molecule has 1 aliphatic rings. The first kappa shape index (κ1) is 33.1. The molecule has 0 unspecified atom stereocenters. The van der Waals surface area contributed by atoms with E-state index in [0.717, 1.165) is 54.3 Å². The molecule has 0 bridgehead atoms. The van der Waals surface area contributed by atoms with Gasteiger partial charge < -0.3 is 19.1 Å². The van der Waals surface area contributed by atoms with Gasteiger partial charge in [-0.15, -0.1) is 0 Å². The van der Waals surface area contributed by atoms with Crippen LogP contribution >= 0.6 is 22.9 Å². The van der Waals surface area contributed by atoms with E-state index in [1.54, 1.807) is 14.2 Å². The van der Waals surface area contributed by atoms with Crippen molar-refractivity contribution in [3.63, 3.8) is 0 Å². The fourth-order valence-electron chi connectivity index (χ4n) is 5.24. The van der Waals surface area contributed by atoms with Crippen LogP contribution in [0.1, 0.15) is 31.9 Å². The summed E-state index contributed by atoms with van der Waals surface area (Å²) in [6.45, 7) is 10.9. The highest BCUT2D eigenvalue weighted by Gasteiger charge is 2.29. The van der Waals surface area contributed by atoms with E-state index in [4.69, 9.17) is 25.8 Å². The van der Waals surface area contributed by atoms with Gasteiger partial charge in [-0.05, 0) is 74.4 Å². The van der Waals surface area contributed by atoms with E-state index < -0.39 is 10.0 Å². The Hall–Kier alpha value is -3.28. The van der Waals surface area contributed by atoms with Crippen LogP contribution in [-0.2, 0) is 23.1 Å². The van der Waals surface area contributed by atoms with Gasteiger partial charge in [-0.3, -0.25) is 4.90 Å². The maximum Gasteiger partial charge on any atom is 0.253 e. The van der Waals surface area contributed by atoms with E-state index in [-0.39, 0.29) is 27.9 Å². The summed E-state index contributed by atoms with van der Waals surface area (Å²) >= 11 is 7.62. The van der Waals surface area contributed by atoms with E-state index in [1.807, 2.05) is 66.7 Å². The number of halogens is 1. The lowest BCUT2D eigenvalue weighted by Gasteiger charge is -2.43. The molecule has 1 aromatic heterocycles. The van der Waals surface area contributed by atoms with E-state index in [2.05, 4.69) is 36.6 Å². The van der Waals surface area contributed by atoms with Crippen LogP contribution in [0, 0.1) is 0 Å². The van der Waals surface area contributed by atoms with Crippen molar-refractivity contribution in [3.05, 3.63) is 95.0 Å². The molecule has 0 saturated carbocycles. The van der Waals surface area contributed by atoms with Crippen LogP contribution in [0.3, 0.4) is 0 Å². The second-order valence-corrected chi connectivity index (χ2v) is 15.5.